The Balaban J connectivity index is 2.06. The van der Waals surface area contributed by atoms with Crippen LogP contribution in [-0.4, -0.2) is 9.78 Å². The van der Waals surface area contributed by atoms with Crippen LogP contribution in [0.1, 0.15) is 5.69 Å². The van der Waals surface area contributed by atoms with Gasteiger partial charge in [-0.3, -0.25) is 4.68 Å². The number of halogens is 1. The van der Waals surface area contributed by atoms with Crippen molar-refractivity contribution in [1.29, 1.82) is 0 Å². The summed E-state index contributed by atoms with van der Waals surface area (Å²) >= 11 is 3.43. The van der Waals surface area contributed by atoms with Gasteiger partial charge in [0.2, 0.25) is 0 Å². The lowest BCUT2D eigenvalue weighted by Gasteiger charge is -2.07. The molecule has 0 radical (unpaired) electrons. The maximum atomic E-state index is 5.65. The van der Waals surface area contributed by atoms with Crippen LogP contribution in [0.5, 0.6) is 5.75 Å². The fourth-order valence-electron chi connectivity index (χ4n) is 1.26. The average Bonchev–Trinajstić information content (AvgIpc) is 2.63. The summed E-state index contributed by atoms with van der Waals surface area (Å²) in [5.41, 5.74) is 1.05. The van der Waals surface area contributed by atoms with Crippen LogP contribution in [0.2, 0.25) is 0 Å². The summed E-state index contributed by atoms with van der Waals surface area (Å²) in [7, 11) is 1.90. The van der Waals surface area contributed by atoms with Crippen molar-refractivity contribution in [3.05, 3.63) is 46.7 Å². The smallest absolute Gasteiger partial charge is 0.134 e. The highest BCUT2D eigenvalue weighted by molar-refractivity contribution is 9.10. The normalized spacial score (nSPS) is 10.3. The lowest BCUT2D eigenvalue weighted by molar-refractivity contribution is 0.293. The summed E-state index contributed by atoms with van der Waals surface area (Å²) < 4.78 is 8.42. The quantitative estimate of drug-likeness (QED) is 0.855. The number of para-hydroxylation sites is 1. The lowest BCUT2D eigenvalue weighted by Crippen LogP contribution is -2.03. The van der Waals surface area contributed by atoms with E-state index in [9.17, 15) is 0 Å². The molecule has 0 fully saturated rings. The number of hydrogen-bond donors (Lipinski definition) is 0. The number of benzene rings is 1. The summed E-state index contributed by atoms with van der Waals surface area (Å²) in [6.45, 7) is 0.527. The van der Waals surface area contributed by atoms with E-state index in [1.54, 1.807) is 10.9 Å². The Morgan fingerprint density at radius 1 is 1.33 bits per heavy atom. The van der Waals surface area contributed by atoms with Gasteiger partial charge in [-0.2, -0.15) is 5.10 Å². The predicted molar refractivity (Wildman–Crippen MR) is 61.7 cm³/mol. The molecule has 1 heterocycles. The average molecular weight is 267 g/mol. The third-order valence-electron chi connectivity index (χ3n) is 2.13. The number of aryl methyl sites for hydroxylation is 1. The van der Waals surface area contributed by atoms with Crippen molar-refractivity contribution in [1.82, 2.24) is 9.78 Å². The first-order chi connectivity index (χ1) is 7.27. The minimum Gasteiger partial charge on any atom is -0.486 e. The van der Waals surface area contributed by atoms with E-state index >= 15 is 0 Å². The first-order valence-corrected chi connectivity index (χ1v) is 5.41. The Kier molecular flexibility index (Phi) is 3.06. The highest BCUT2D eigenvalue weighted by atomic mass is 79.9. The van der Waals surface area contributed by atoms with Gasteiger partial charge in [0.15, 0.2) is 0 Å². The number of nitrogens with zero attached hydrogens (tertiary/aromatic N) is 2. The van der Waals surface area contributed by atoms with Crippen molar-refractivity contribution in [3.8, 4) is 5.75 Å². The molecule has 0 aliphatic rings. The first kappa shape index (κ1) is 10.2. The van der Waals surface area contributed by atoms with Crippen LogP contribution in [0.4, 0.5) is 0 Å². The monoisotopic (exact) mass is 266 g/mol. The molecular weight excluding hydrogens is 256 g/mol. The van der Waals surface area contributed by atoms with Crippen LogP contribution in [0.3, 0.4) is 0 Å². The van der Waals surface area contributed by atoms with Gasteiger partial charge in [0.25, 0.3) is 0 Å². The number of rotatable bonds is 3. The van der Waals surface area contributed by atoms with Gasteiger partial charge in [0, 0.05) is 13.2 Å². The summed E-state index contributed by atoms with van der Waals surface area (Å²) in [6, 6.07) is 9.74. The molecule has 1 aromatic heterocycles. The summed E-state index contributed by atoms with van der Waals surface area (Å²) in [4.78, 5) is 0. The number of aromatic nitrogens is 2. The Morgan fingerprint density at radius 3 is 2.80 bits per heavy atom. The zero-order valence-corrected chi connectivity index (χ0v) is 9.94. The molecule has 0 aliphatic carbocycles. The third-order valence-corrected chi connectivity index (χ3v) is 2.79. The minimum absolute atomic E-state index is 0.527. The molecule has 0 unspecified atom stereocenters. The summed E-state index contributed by atoms with van der Waals surface area (Å²) in [6.07, 6.45) is 1.76. The zero-order valence-electron chi connectivity index (χ0n) is 8.35. The highest BCUT2D eigenvalue weighted by Gasteiger charge is 2.02. The van der Waals surface area contributed by atoms with E-state index in [0.29, 0.717) is 6.61 Å². The SMILES string of the molecule is Cn1nccc1COc1ccccc1Br. The van der Waals surface area contributed by atoms with Gasteiger partial charge >= 0.3 is 0 Å². The molecular formula is C11H11BrN2O. The molecule has 0 bridgehead atoms. The third kappa shape index (κ3) is 2.39. The fraction of sp³-hybridized carbons (Fsp3) is 0.182. The van der Waals surface area contributed by atoms with Crippen molar-refractivity contribution in [3.63, 3.8) is 0 Å². The second-order valence-electron chi connectivity index (χ2n) is 3.17. The maximum absolute atomic E-state index is 5.65. The molecule has 3 nitrogen and oxygen atoms in total. The zero-order chi connectivity index (χ0) is 10.7. The van der Waals surface area contributed by atoms with E-state index < -0.39 is 0 Å². The Morgan fingerprint density at radius 2 is 2.13 bits per heavy atom. The van der Waals surface area contributed by atoms with Gasteiger partial charge in [-0.25, -0.2) is 0 Å². The molecule has 0 saturated carbocycles. The standard InChI is InChI=1S/C11H11BrN2O/c1-14-9(6-7-13-14)8-15-11-5-3-2-4-10(11)12/h2-7H,8H2,1H3. The minimum atomic E-state index is 0.527. The molecule has 0 atom stereocenters. The van der Waals surface area contributed by atoms with E-state index in [0.717, 1.165) is 15.9 Å². The molecule has 2 aromatic rings. The van der Waals surface area contributed by atoms with Gasteiger partial charge < -0.3 is 4.74 Å². The van der Waals surface area contributed by atoms with Gasteiger partial charge in [-0.1, -0.05) is 12.1 Å². The van der Waals surface area contributed by atoms with Gasteiger partial charge in [0.05, 0.1) is 10.2 Å². The number of hydrogen-bond acceptors (Lipinski definition) is 2. The van der Waals surface area contributed by atoms with Crippen LogP contribution >= 0.6 is 15.9 Å². The molecule has 0 saturated heterocycles. The molecule has 4 heteroatoms. The molecule has 0 amide bonds. The van der Waals surface area contributed by atoms with E-state index in [1.807, 2.05) is 37.4 Å². The van der Waals surface area contributed by atoms with Crippen LogP contribution in [0.15, 0.2) is 41.0 Å². The Hall–Kier alpha value is -1.29. The van der Waals surface area contributed by atoms with Crippen molar-refractivity contribution in [2.24, 2.45) is 7.05 Å². The van der Waals surface area contributed by atoms with Gasteiger partial charge in [0.1, 0.15) is 12.4 Å². The maximum Gasteiger partial charge on any atom is 0.134 e. The molecule has 0 N–H and O–H groups in total. The van der Waals surface area contributed by atoms with Crippen LogP contribution < -0.4 is 4.74 Å². The van der Waals surface area contributed by atoms with Crippen LogP contribution in [-0.2, 0) is 13.7 Å². The van der Waals surface area contributed by atoms with Gasteiger partial charge in [-0.15, -0.1) is 0 Å². The first-order valence-electron chi connectivity index (χ1n) is 4.61. The lowest BCUT2D eigenvalue weighted by atomic mass is 10.3. The van der Waals surface area contributed by atoms with E-state index in [2.05, 4.69) is 21.0 Å². The van der Waals surface area contributed by atoms with E-state index in [1.165, 1.54) is 0 Å². The molecule has 0 aliphatic heterocycles. The predicted octanol–water partition coefficient (Wildman–Crippen LogP) is 2.76. The molecule has 15 heavy (non-hydrogen) atoms. The van der Waals surface area contributed by atoms with Crippen molar-refractivity contribution in [2.75, 3.05) is 0 Å². The molecule has 0 spiro atoms. The Bertz CT molecular complexity index is 453. The number of ether oxygens (including phenoxy) is 1. The fourth-order valence-corrected chi connectivity index (χ4v) is 1.66. The van der Waals surface area contributed by atoms with Crippen LogP contribution in [0, 0.1) is 0 Å². The largest absolute Gasteiger partial charge is 0.486 e. The van der Waals surface area contributed by atoms with Crippen molar-refractivity contribution in [2.45, 2.75) is 6.61 Å². The Labute approximate surface area is 96.8 Å². The molecule has 1 aromatic carbocycles. The van der Waals surface area contributed by atoms with Gasteiger partial charge in [-0.05, 0) is 34.1 Å². The topological polar surface area (TPSA) is 27.1 Å². The molecule has 78 valence electrons. The second-order valence-corrected chi connectivity index (χ2v) is 4.02. The van der Waals surface area contributed by atoms with Crippen molar-refractivity contribution >= 4 is 15.9 Å². The summed E-state index contributed by atoms with van der Waals surface area (Å²) in [5.74, 6) is 0.846. The second kappa shape index (κ2) is 4.49. The van der Waals surface area contributed by atoms with Crippen LogP contribution in [0.25, 0.3) is 0 Å². The van der Waals surface area contributed by atoms with E-state index in [4.69, 9.17) is 4.74 Å². The highest BCUT2D eigenvalue weighted by Crippen LogP contribution is 2.24. The molecule has 2 rings (SSSR count). The van der Waals surface area contributed by atoms with Crippen molar-refractivity contribution < 1.29 is 4.74 Å². The van der Waals surface area contributed by atoms with E-state index in [-0.39, 0.29) is 0 Å². The summed E-state index contributed by atoms with van der Waals surface area (Å²) in [5, 5.41) is 4.08.